The molecule has 2 aromatic carbocycles. The van der Waals surface area contributed by atoms with E-state index < -0.39 is 6.04 Å². The number of hydrogen-bond acceptors (Lipinski definition) is 5. The lowest BCUT2D eigenvalue weighted by Gasteiger charge is -2.24. The normalized spacial score (nSPS) is 15.4. The third-order valence-corrected chi connectivity index (χ3v) is 5.00. The summed E-state index contributed by atoms with van der Waals surface area (Å²) in [5.41, 5.74) is 1.52. The molecule has 3 amide bonds. The topological polar surface area (TPSA) is 97.0 Å². The summed E-state index contributed by atoms with van der Waals surface area (Å²) < 4.78 is 10.5. The average molecular weight is 411 g/mol. The van der Waals surface area contributed by atoms with Crippen LogP contribution in [-0.4, -0.2) is 49.4 Å². The van der Waals surface area contributed by atoms with Gasteiger partial charge < -0.3 is 25.0 Å². The smallest absolute Gasteiger partial charge is 0.322 e. The molecular weight excluding hydrogens is 386 g/mol. The molecule has 0 radical (unpaired) electrons. The zero-order chi connectivity index (χ0) is 21.7. The molecule has 8 heteroatoms. The molecule has 2 N–H and O–H groups in total. The molecule has 8 nitrogen and oxygen atoms in total. The number of ether oxygens (including phenoxy) is 2. The van der Waals surface area contributed by atoms with Crippen LogP contribution < -0.4 is 20.1 Å². The summed E-state index contributed by atoms with van der Waals surface area (Å²) in [5, 5.41) is 5.62. The van der Waals surface area contributed by atoms with Crippen LogP contribution in [-0.2, 0) is 4.79 Å². The van der Waals surface area contributed by atoms with E-state index in [0.717, 1.165) is 6.42 Å². The molecule has 1 aliphatic heterocycles. The van der Waals surface area contributed by atoms with E-state index in [0.29, 0.717) is 41.4 Å². The molecule has 0 bridgehead atoms. The fourth-order valence-electron chi connectivity index (χ4n) is 3.41. The minimum atomic E-state index is -0.604. The largest absolute Gasteiger partial charge is 0.497 e. The van der Waals surface area contributed by atoms with E-state index in [1.54, 1.807) is 49.6 Å². The molecule has 1 heterocycles. The van der Waals surface area contributed by atoms with Gasteiger partial charge in [0.05, 0.1) is 19.9 Å². The van der Waals surface area contributed by atoms with E-state index in [1.165, 1.54) is 18.9 Å². The fourth-order valence-corrected chi connectivity index (χ4v) is 3.41. The summed E-state index contributed by atoms with van der Waals surface area (Å²) in [7, 11) is 3.06. The van der Waals surface area contributed by atoms with Crippen molar-refractivity contribution < 1.29 is 23.9 Å². The minimum Gasteiger partial charge on any atom is -0.497 e. The van der Waals surface area contributed by atoms with Gasteiger partial charge in [0.25, 0.3) is 0 Å². The predicted molar refractivity (Wildman–Crippen MR) is 113 cm³/mol. The van der Waals surface area contributed by atoms with Crippen molar-refractivity contribution >= 4 is 29.1 Å². The van der Waals surface area contributed by atoms with E-state index in [1.807, 2.05) is 0 Å². The van der Waals surface area contributed by atoms with E-state index in [-0.39, 0.29) is 17.7 Å². The van der Waals surface area contributed by atoms with Gasteiger partial charge in [0.2, 0.25) is 5.91 Å². The van der Waals surface area contributed by atoms with Crippen molar-refractivity contribution in [2.45, 2.75) is 25.8 Å². The van der Waals surface area contributed by atoms with Gasteiger partial charge in [-0.1, -0.05) is 12.1 Å². The molecule has 1 unspecified atom stereocenters. The first-order valence-corrected chi connectivity index (χ1v) is 9.64. The summed E-state index contributed by atoms with van der Waals surface area (Å²) in [6.45, 7) is 1.94. The average Bonchev–Trinajstić information content (AvgIpc) is 3.24. The number of urea groups is 1. The number of likely N-dealkylation sites (tertiary alicyclic amines) is 1. The van der Waals surface area contributed by atoms with Crippen LogP contribution >= 0.6 is 0 Å². The van der Waals surface area contributed by atoms with Crippen molar-refractivity contribution in [2.75, 3.05) is 31.4 Å². The molecule has 0 aliphatic carbocycles. The number of hydrogen-bond donors (Lipinski definition) is 2. The molecule has 0 aromatic heterocycles. The van der Waals surface area contributed by atoms with Crippen molar-refractivity contribution in [1.29, 1.82) is 0 Å². The van der Waals surface area contributed by atoms with Gasteiger partial charge >= 0.3 is 6.03 Å². The highest BCUT2D eigenvalue weighted by atomic mass is 16.5. The van der Waals surface area contributed by atoms with Crippen LogP contribution in [0.2, 0.25) is 0 Å². The summed E-state index contributed by atoms with van der Waals surface area (Å²) in [4.78, 5) is 38.7. The molecule has 1 aliphatic rings. The predicted octanol–water partition coefficient (Wildman–Crippen LogP) is 3.54. The number of carbonyl (C=O) groups is 3. The van der Waals surface area contributed by atoms with Gasteiger partial charge in [-0.2, -0.15) is 0 Å². The van der Waals surface area contributed by atoms with Crippen LogP contribution in [0.3, 0.4) is 0 Å². The second-order valence-electron chi connectivity index (χ2n) is 6.97. The zero-order valence-corrected chi connectivity index (χ0v) is 17.2. The Morgan fingerprint density at radius 3 is 2.53 bits per heavy atom. The Kier molecular flexibility index (Phi) is 6.56. The molecule has 158 valence electrons. The number of nitrogens with one attached hydrogen (secondary N) is 2. The maximum absolute atomic E-state index is 12.9. The first-order chi connectivity index (χ1) is 14.4. The SMILES string of the molecule is COc1ccc(NC(=O)C2CCCN2C(=O)Nc2cccc(C(C)=O)c2)c(OC)c1. The van der Waals surface area contributed by atoms with Crippen molar-refractivity contribution in [3.8, 4) is 11.5 Å². The second-order valence-corrected chi connectivity index (χ2v) is 6.97. The molecule has 1 atom stereocenters. The number of rotatable bonds is 6. The van der Waals surface area contributed by atoms with Gasteiger partial charge in [-0.05, 0) is 44.0 Å². The molecule has 0 saturated carbocycles. The third-order valence-electron chi connectivity index (χ3n) is 5.00. The Hall–Kier alpha value is -3.55. The quantitative estimate of drug-likeness (QED) is 0.709. The Labute approximate surface area is 175 Å². The fraction of sp³-hybridized carbons (Fsp3) is 0.318. The van der Waals surface area contributed by atoms with E-state index >= 15 is 0 Å². The highest BCUT2D eigenvalue weighted by molar-refractivity contribution is 6.01. The van der Waals surface area contributed by atoms with Crippen molar-refractivity contribution in [2.24, 2.45) is 0 Å². The molecule has 2 aromatic rings. The molecular formula is C22H25N3O5. The van der Waals surface area contributed by atoms with Crippen LogP contribution in [0.4, 0.5) is 16.2 Å². The molecule has 3 rings (SSSR count). The lowest BCUT2D eigenvalue weighted by molar-refractivity contribution is -0.119. The van der Waals surface area contributed by atoms with E-state index in [9.17, 15) is 14.4 Å². The molecule has 1 saturated heterocycles. The summed E-state index contributed by atoms with van der Waals surface area (Å²) in [6, 6.07) is 10.8. The number of ketones is 1. The van der Waals surface area contributed by atoms with Gasteiger partial charge in [0.15, 0.2) is 5.78 Å². The standard InChI is InChI=1S/C22H25N3O5/c1-14(26)15-6-4-7-16(12-15)23-22(28)25-11-5-8-19(25)21(27)24-18-10-9-17(29-2)13-20(18)30-3/h4,6-7,9-10,12-13,19H,5,8,11H2,1-3H3,(H,23,28)(H,24,27). The van der Waals surface area contributed by atoms with Crippen LogP contribution in [0, 0.1) is 0 Å². The van der Waals surface area contributed by atoms with Gasteiger partial charge in [-0.3, -0.25) is 9.59 Å². The van der Waals surface area contributed by atoms with E-state index in [4.69, 9.17) is 9.47 Å². The molecule has 0 spiro atoms. The maximum Gasteiger partial charge on any atom is 0.322 e. The van der Waals surface area contributed by atoms with Crippen LogP contribution in [0.1, 0.15) is 30.1 Å². The zero-order valence-electron chi connectivity index (χ0n) is 17.2. The Morgan fingerprint density at radius 2 is 1.83 bits per heavy atom. The lowest BCUT2D eigenvalue weighted by Crippen LogP contribution is -2.45. The number of anilines is 2. The number of methoxy groups -OCH3 is 2. The summed E-state index contributed by atoms with van der Waals surface area (Å²) in [6.07, 6.45) is 1.28. The number of benzene rings is 2. The van der Waals surface area contributed by atoms with Gasteiger partial charge in [-0.15, -0.1) is 0 Å². The van der Waals surface area contributed by atoms with Crippen LogP contribution in [0.15, 0.2) is 42.5 Å². The lowest BCUT2D eigenvalue weighted by atomic mass is 10.1. The molecule has 1 fully saturated rings. The minimum absolute atomic E-state index is 0.0852. The van der Waals surface area contributed by atoms with E-state index in [2.05, 4.69) is 10.6 Å². The monoisotopic (exact) mass is 411 g/mol. The van der Waals surface area contributed by atoms with Gasteiger partial charge in [0, 0.05) is 23.9 Å². The summed E-state index contributed by atoms with van der Waals surface area (Å²) >= 11 is 0. The number of amides is 3. The first kappa shape index (κ1) is 21.2. The number of Topliss-reactive ketones (excluding diaryl/α,β-unsaturated/α-hetero) is 1. The Balaban J connectivity index is 1.70. The highest BCUT2D eigenvalue weighted by Crippen LogP contribution is 2.30. The maximum atomic E-state index is 12.9. The van der Waals surface area contributed by atoms with Crippen LogP contribution in [0.25, 0.3) is 0 Å². The van der Waals surface area contributed by atoms with Gasteiger partial charge in [-0.25, -0.2) is 4.79 Å². The van der Waals surface area contributed by atoms with Gasteiger partial charge in [0.1, 0.15) is 17.5 Å². The summed E-state index contributed by atoms with van der Waals surface area (Å²) in [5.74, 6) is 0.707. The first-order valence-electron chi connectivity index (χ1n) is 9.64. The Bertz CT molecular complexity index is 960. The number of nitrogens with zero attached hydrogens (tertiary/aromatic N) is 1. The molecule has 30 heavy (non-hydrogen) atoms. The third kappa shape index (κ3) is 4.71. The van der Waals surface area contributed by atoms with Crippen molar-refractivity contribution in [3.05, 3.63) is 48.0 Å². The Morgan fingerprint density at radius 1 is 1.03 bits per heavy atom. The number of carbonyl (C=O) groups excluding carboxylic acids is 3. The van der Waals surface area contributed by atoms with Crippen molar-refractivity contribution in [1.82, 2.24) is 4.90 Å². The van der Waals surface area contributed by atoms with Crippen LogP contribution in [0.5, 0.6) is 11.5 Å². The van der Waals surface area contributed by atoms with Crippen molar-refractivity contribution in [3.63, 3.8) is 0 Å². The highest BCUT2D eigenvalue weighted by Gasteiger charge is 2.34. The second kappa shape index (κ2) is 9.30.